The van der Waals surface area contributed by atoms with Crippen LogP contribution in [0.2, 0.25) is 0 Å². The average molecular weight is 240 g/mol. The van der Waals surface area contributed by atoms with Gasteiger partial charge in [-0.1, -0.05) is 19.3 Å². The lowest BCUT2D eigenvalue weighted by atomic mass is 9.85. The lowest BCUT2D eigenvalue weighted by Gasteiger charge is -2.31. The number of nitrogens with zero attached hydrogens (tertiary/aromatic N) is 1. The van der Waals surface area contributed by atoms with Gasteiger partial charge in [-0.05, 0) is 18.8 Å². The highest BCUT2D eigenvalue weighted by atomic mass is 16.5. The lowest BCUT2D eigenvalue weighted by molar-refractivity contribution is -0.126. The molecule has 96 valence electrons. The van der Waals surface area contributed by atoms with Gasteiger partial charge in [-0.3, -0.25) is 9.69 Å². The highest BCUT2D eigenvalue weighted by Gasteiger charge is 2.33. The van der Waals surface area contributed by atoms with Crippen LogP contribution in [0.15, 0.2) is 0 Å². The van der Waals surface area contributed by atoms with Crippen molar-refractivity contribution in [3.05, 3.63) is 0 Å². The molecule has 0 aromatic carbocycles. The minimum absolute atomic E-state index is 0.0110. The summed E-state index contributed by atoms with van der Waals surface area (Å²) in [4.78, 5) is 24.2. The van der Waals surface area contributed by atoms with Crippen LogP contribution in [-0.2, 0) is 9.53 Å². The van der Waals surface area contributed by atoms with Crippen molar-refractivity contribution in [2.45, 2.75) is 38.2 Å². The molecule has 2 fully saturated rings. The number of methoxy groups -OCH3 is 1. The molecule has 1 atom stereocenters. The van der Waals surface area contributed by atoms with E-state index < -0.39 is 0 Å². The maximum atomic E-state index is 11.5. The van der Waals surface area contributed by atoms with Crippen LogP contribution in [0.25, 0.3) is 0 Å². The highest BCUT2D eigenvalue weighted by Crippen LogP contribution is 2.28. The molecule has 5 nitrogen and oxygen atoms in total. The largest absolute Gasteiger partial charge is 0.379 e. The molecule has 1 saturated heterocycles. The normalized spacial score (nSPS) is 23.9. The van der Waals surface area contributed by atoms with Gasteiger partial charge in [0, 0.05) is 7.11 Å². The fourth-order valence-electron chi connectivity index (χ4n) is 2.74. The van der Waals surface area contributed by atoms with Crippen LogP contribution in [0, 0.1) is 5.92 Å². The number of rotatable bonds is 4. The number of carbonyl (C=O) groups excluding carboxylic acids is 2. The Labute approximate surface area is 101 Å². The Hall–Kier alpha value is -1.10. The summed E-state index contributed by atoms with van der Waals surface area (Å²) in [6, 6.07) is -0.284. The molecule has 0 spiro atoms. The molecule has 0 radical (unpaired) electrons. The van der Waals surface area contributed by atoms with Crippen LogP contribution in [0.3, 0.4) is 0 Å². The monoisotopic (exact) mass is 240 g/mol. The maximum Gasteiger partial charge on any atom is 0.324 e. The second-order valence-corrected chi connectivity index (χ2v) is 4.84. The SMILES string of the molecule is COC(CN1C(=O)CNC1=O)C1CCCCC1. The summed E-state index contributed by atoms with van der Waals surface area (Å²) in [6.07, 6.45) is 6.01. The number of hydrogen-bond donors (Lipinski definition) is 1. The van der Waals surface area contributed by atoms with Gasteiger partial charge in [0.1, 0.15) is 0 Å². The summed E-state index contributed by atoms with van der Waals surface area (Å²) in [6.45, 7) is 0.520. The molecule has 0 aromatic heterocycles. The third-order valence-corrected chi connectivity index (χ3v) is 3.78. The Morgan fingerprint density at radius 3 is 2.59 bits per heavy atom. The zero-order chi connectivity index (χ0) is 12.3. The van der Waals surface area contributed by atoms with Gasteiger partial charge in [0.25, 0.3) is 0 Å². The molecule has 1 aliphatic carbocycles. The third-order valence-electron chi connectivity index (χ3n) is 3.78. The molecule has 1 N–H and O–H groups in total. The summed E-state index contributed by atoms with van der Waals surface area (Å²) < 4.78 is 5.47. The summed E-state index contributed by atoms with van der Waals surface area (Å²) in [5.41, 5.74) is 0. The van der Waals surface area contributed by atoms with Gasteiger partial charge in [-0.2, -0.15) is 0 Å². The van der Waals surface area contributed by atoms with Crippen molar-refractivity contribution < 1.29 is 14.3 Å². The zero-order valence-electron chi connectivity index (χ0n) is 10.3. The molecule has 1 heterocycles. The van der Waals surface area contributed by atoms with Crippen molar-refractivity contribution in [2.75, 3.05) is 20.2 Å². The minimum Gasteiger partial charge on any atom is -0.379 e. The summed E-state index contributed by atoms with van der Waals surface area (Å²) in [7, 11) is 1.66. The van der Waals surface area contributed by atoms with Crippen LogP contribution in [0.4, 0.5) is 4.79 Å². The van der Waals surface area contributed by atoms with Crippen molar-refractivity contribution >= 4 is 11.9 Å². The maximum absolute atomic E-state index is 11.5. The van der Waals surface area contributed by atoms with Crippen LogP contribution >= 0.6 is 0 Å². The van der Waals surface area contributed by atoms with Crippen LogP contribution in [-0.4, -0.2) is 43.1 Å². The van der Waals surface area contributed by atoms with E-state index in [-0.39, 0.29) is 24.6 Å². The number of nitrogens with one attached hydrogen (secondary N) is 1. The molecule has 3 amide bonds. The van der Waals surface area contributed by atoms with Gasteiger partial charge in [0.05, 0.1) is 19.2 Å². The first-order chi connectivity index (χ1) is 8.22. The van der Waals surface area contributed by atoms with Gasteiger partial charge in [-0.25, -0.2) is 4.79 Å². The van der Waals surface area contributed by atoms with Crippen molar-refractivity contribution in [2.24, 2.45) is 5.92 Å². The number of ether oxygens (including phenoxy) is 1. The van der Waals surface area contributed by atoms with E-state index >= 15 is 0 Å². The molecule has 1 aliphatic heterocycles. The van der Waals surface area contributed by atoms with E-state index in [9.17, 15) is 9.59 Å². The molecule has 2 aliphatic rings. The van der Waals surface area contributed by atoms with E-state index in [4.69, 9.17) is 4.74 Å². The Bertz CT molecular complexity index is 284. The Morgan fingerprint density at radius 2 is 2.06 bits per heavy atom. The summed E-state index contributed by atoms with van der Waals surface area (Å²) in [5, 5.41) is 2.53. The Balaban J connectivity index is 1.94. The predicted molar refractivity (Wildman–Crippen MR) is 62.5 cm³/mol. The summed E-state index contributed by atoms with van der Waals surface area (Å²) in [5.74, 6) is 0.336. The average Bonchev–Trinajstić information content (AvgIpc) is 2.68. The third kappa shape index (κ3) is 2.77. The first kappa shape index (κ1) is 12.4. The number of imide groups is 1. The molecular formula is C12H20N2O3. The second-order valence-electron chi connectivity index (χ2n) is 4.84. The number of amides is 3. The van der Waals surface area contributed by atoms with Crippen LogP contribution in [0.1, 0.15) is 32.1 Å². The van der Waals surface area contributed by atoms with E-state index in [0.29, 0.717) is 12.5 Å². The van der Waals surface area contributed by atoms with E-state index in [1.165, 1.54) is 24.2 Å². The topological polar surface area (TPSA) is 58.6 Å². The minimum atomic E-state index is -0.284. The fourth-order valence-corrected chi connectivity index (χ4v) is 2.74. The van der Waals surface area contributed by atoms with Crippen molar-refractivity contribution in [1.82, 2.24) is 10.2 Å². The summed E-state index contributed by atoms with van der Waals surface area (Å²) >= 11 is 0. The zero-order valence-corrected chi connectivity index (χ0v) is 10.3. The van der Waals surface area contributed by atoms with Crippen molar-refractivity contribution in [3.63, 3.8) is 0 Å². The quantitative estimate of drug-likeness (QED) is 0.749. The molecule has 1 saturated carbocycles. The standard InChI is InChI=1S/C12H20N2O3/c1-17-10(9-5-3-2-4-6-9)8-14-11(15)7-13-12(14)16/h9-10H,2-8H2,1H3,(H,13,16). The van der Waals surface area contributed by atoms with Gasteiger partial charge < -0.3 is 10.1 Å². The number of hydrogen-bond acceptors (Lipinski definition) is 3. The Morgan fingerprint density at radius 1 is 1.35 bits per heavy atom. The predicted octanol–water partition coefficient (Wildman–Crippen LogP) is 1.13. The van der Waals surface area contributed by atoms with Crippen LogP contribution < -0.4 is 5.32 Å². The number of carbonyl (C=O) groups is 2. The van der Waals surface area contributed by atoms with E-state index in [2.05, 4.69) is 5.32 Å². The van der Waals surface area contributed by atoms with Gasteiger partial charge >= 0.3 is 6.03 Å². The van der Waals surface area contributed by atoms with Gasteiger partial charge in [0.15, 0.2) is 0 Å². The van der Waals surface area contributed by atoms with E-state index in [1.807, 2.05) is 0 Å². The second kappa shape index (κ2) is 5.49. The molecule has 2 rings (SSSR count). The molecule has 0 aromatic rings. The first-order valence-electron chi connectivity index (χ1n) is 6.33. The molecular weight excluding hydrogens is 220 g/mol. The van der Waals surface area contributed by atoms with Crippen LogP contribution in [0.5, 0.6) is 0 Å². The number of urea groups is 1. The fraction of sp³-hybridized carbons (Fsp3) is 0.833. The lowest BCUT2D eigenvalue weighted by Crippen LogP contribution is -2.42. The Kier molecular flexibility index (Phi) is 3.99. The van der Waals surface area contributed by atoms with Crippen molar-refractivity contribution in [3.8, 4) is 0 Å². The highest BCUT2D eigenvalue weighted by molar-refractivity contribution is 6.01. The molecule has 0 bridgehead atoms. The molecule has 17 heavy (non-hydrogen) atoms. The van der Waals surface area contributed by atoms with Gasteiger partial charge in [0.2, 0.25) is 5.91 Å². The molecule has 5 heteroatoms. The van der Waals surface area contributed by atoms with Crippen molar-refractivity contribution in [1.29, 1.82) is 0 Å². The molecule has 1 unspecified atom stereocenters. The van der Waals surface area contributed by atoms with Gasteiger partial charge in [-0.15, -0.1) is 0 Å². The van der Waals surface area contributed by atoms with E-state index in [1.54, 1.807) is 7.11 Å². The first-order valence-corrected chi connectivity index (χ1v) is 6.33. The smallest absolute Gasteiger partial charge is 0.324 e. The van der Waals surface area contributed by atoms with E-state index in [0.717, 1.165) is 12.8 Å².